The van der Waals surface area contributed by atoms with Crippen LogP contribution in [0.25, 0.3) is 0 Å². The number of nitrogens with zero attached hydrogens (tertiary/aromatic N) is 2. The van der Waals surface area contributed by atoms with E-state index in [-0.39, 0.29) is 11.6 Å². The summed E-state index contributed by atoms with van der Waals surface area (Å²) in [4.78, 5) is 20.3. The van der Waals surface area contributed by atoms with Crippen molar-refractivity contribution in [3.8, 4) is 0 Å². The summed E-state index contributed by atoms with van der Waals surface area (Å²) in [6.07, 6.45) is -4.38. The highest BCUT2D eigenvalue weighted by molar-refractivity contribution is 5.93. The van der Waals surface area contributed by atoms with E-state index in [1.807, 2.05) is 13.8 Å². The molecule has 2 N–H and O–H groups in total. The number of aromatic nitrogens is 2. The zero-order valence-electron chi connectivity index (χ0n) is 14.1. The predicted octanol–water partition coefficient (Wildman–Crippen LogP) is 3.93. The van der Waals surface area contributed by atoms with Gasteiger partial charge in [0.05, 0.1) is 5.56 Å². The van der Waals surface area contributed by atoms with Gasteiger partial charge < -0.3 is 10.6 Å². The molecule has 0 unspecified atom stereocenters. The highest BCUT2D eigenvalue weighted by Gasteiger charge is 2.29. The highest BCUT2D eigenvalue weighted by atomic mass is 19.4. The Morgan fingerprint density at radius 1 is 1.16 bits per heavy atom. The van der Waals surface area contributed by atoms with Crippen LogP contribution in [0.4, 0.5) is 24.7 Å². The Bertz CT molecular complexity index is 743. The number of aryl methyl sites for hydroxylation is 1. The summed E-state index contributed by atoms with van der Waals surface area (Å²) >= 11 is 0. The fourth-order valence-electron chi connectivity index (χ4n) is 2.03. The smallest absolute Gasteiger partial charge is 0.350 e. The second-order valence-electron chi connectivity index (χ2n) is 5.99. The number of halogens is 3. The topological polar surface area (TPSA) is 66.9 Å². The van der Waals surface area contributed by atoms with Gasteiger partial charge in [-0.05, 0) is 37.1 Å². The van der Waals surface area contributed by atoms with Crippen molar-refractivity contribution in [2.45, 2.75) is 26.9 Å². The van der Waals surface area contributed by atoms with Crippen LogP contribution in [0.2, 0.25) is 0 Å². The van der Waals surface area contributed by atoms with Gasteiger partial charge in [-0.3, -0.25) is 4.79 Å². The van der Waals surface area contributed by atoms with Crippen LogP contribution >= 0.6 is 0 Å². The van der Waals surface area contributed by atoms with Gasteiger partial charge in [0.15, 0.2) is 0 Å². The van der Waals surface area contributed by atoms with Crippen LogP contribution in [-0.4, -0.2) is 22.4 Å². The fraction of sp³-hybridized carbons (Fsp3) is 0.353. The van der Waals surface area contributed by atoms with Gasteiger partial charge in [-0.25, -0.2) is 9.97 Å². The molecular weight excluding hydrogens is 333 g/mol. The Kier molecular flexibility index (Phi) is 5.61. The number of carbonyl (C=O) groups is 1. The Hall–Kier alpha value is -2.64. The maximum atomic E-state index is 12.6. The molecule has 0 fully saturated rings. The molecule has 134 valence electrons. The van der Waals surface area contributed by atoms with Crippen molar-refractivity contribution in [1.29, 1.82) is 0 Å². The van der Waals surface area contributed by atoms with Crippen molar-refractivity contribution < 1.29 is 18.0 Å². The van der Waals surface area contributed by atoms with E-state index in [9.17, 15) is 18.0 Å². The lowest BCUT2D eigenvalue weighted by molar-refractivity contribution is -0.137. The largest absolute Gasteiger partial charge is 0.416 e. The van der Waals surface area contributed by atoms with E-state index in [1.165, 1.54) is 18.2 Å². The number of alkyl halides is 3. The molecule has 1 aromatic carbocycles. The second kappa shape index (κ2) is 7.50. The monoisotopic (exact) mass is 352 g/mol. The van der Waals surface area contributed by atoms with Gasteiger partial charge >= 0.3 is 6.18 Å². The number of carbonyl (C=O) groups excluding carboxylic acids is 1. The van der Waals surface area contributed by atoms with Crippen LogP contribution in [0.5, 0.6) is 0 Å². The fourth-order valence-corrected chi connectivity index (χ4v) is 2.03. The zero-order chi connectivity index (χ0) is 18.6. The lowest BCUT2D eigenvalue weighted by Crippen LogP contribution is -2.28. The number of benzene rings is 1. The first-order chi connectivity index (χ1) is 11.6. The second-order valence-corrected chi connectivity index (χ2v) is 5.99. The highest BCUT2D eigenvalue weighted by Crippen LogP contribution is 2.30. The van der Waals surface area contributed by atoms with Gasteiger partial charge in [0.2, 0.25) is 0 Å². The van der Waals surface area contributed by atoms with E-state index in [2.05, 4.69) is 20.6 Å². The lowest BCUT2D eigenvalue weighted by atomic mass is 10.2. The minimum absolute atomic E-state index is 0.197. The predicted molar refractivity (Wildman–Crippen MR) is 88.7 cm³/mol. The van der Waals surface area contributed by atoms with Gasteiger partial charge in [-0.2, -0.15) is 13.2 Å². The number of amides is 1. The molecule has 0 saturated heterocycles. The number of rotatable bonds is 5. The summed E-state index contributed by atoms with van der Waals surface area (Å²) in [5, 5.41) is 5.64. The average Bonchev–Trinajstić information content (AvgIpc) is 2.51. The minimum Gasteiger partial charge on any atom is -0.350 e. The van der Waals surface area contributed by atoms with Crippen molar-refractivity contribution in [3.05, 3.63) is 47.4 Å². The molecule has 1 aromatic heterocycles. The molecule has 1 heterocycles. The summed E-state index contributed by atoms with van der Waals surface area (Å²) in [7, 11) is 0. The van der Waals surface area contributed by atoms with Gasteiger partial charge in [-0.1, -0.05) is 13.8 Å². The van der Waals surface area contributed by atoms with E-state index in [0.29, 0.717) is 29.8 Å². The van der Waals surface area contributed by atoms with Crippen molar-refractivity contribution in [2.24, 2.45) is 5.92 Å². The molecule has 0 aliphatic carbocycles. The van der Waals surface area contributed by atoms with Crippen molar-refractivity contribution in [1.82, 2.24) is 15.3 Å². The molecule has 0 bridgehead atoms. The Morgan fingerprint density at radius 3 is 2.36 bits per heavy atom. The molecule has 0 aliphatic rings. The molecule has 0 radical (unpaired) electrons. The first kappa shape index (κ1) is 18.7. The van der Waals surface area contributed by atoms with Crippen LogP contribution in [0.1, 0.15) is 35.7 Å². The summed E-state index contributed by atoms with van der Waals surface area (Å²) in [5.74, 6) is 0.694. The third kappa shape index (κ3) is 5.44. The summed E-state index contributed by atoms with van der Waals surface area (Å²) in [5.41, 5.74) is -0.104. The van der Waals surface area contributed by atoms with Crippen molar-refractivity contribution in [2.75, 3.05) is 11.9 Å². The minimum atomic E-state index is -4.38. The quantitative estimate of drug-likeness (QED) is 0.856. The normalized spacial score (nSPS) is 11.5. The molecule has 2 rings (SSSR count). The third-order valence-electron chi connectivity index (χ3n) is 3.23. The Labute approximate surface area is 143 Å². The van der Waals surface area contributed by atoms with Crippen LogP contribution in [0.15, 0.2) is 30.3 Å². The Morgan fingerprint density at radius 2 is 1.80 bits per heavy atom. The number of nitrogens with one attached hydrogen (secondary N) is 2. The van der Waals surface area contributed by atoms with E-state index in [0.717, 1.165) is 12.1 Å². The number of anilines is 2. The molecule has 8 heteroatoms. The van der Waals surface area contributed by atoms with E-state index in [1.54, 1.807) is 6.92 Å². The molecule has 1 amide bonds. The first-order valence-electron chi connectivity index (χ1n) is 7.73. The molecule has 2 aromatic rings. The molecule has 25 heavy (non-hydrogen) atoms. The molecule has 0 atom stereocenters. The van der Waals surface area contributed by atoms with Crippen LogP contribution in [-0.2, 0) is 6.18 Å². The maximum absolute atomic E-state index is 12.6. The van der Waals surface area contributed by atoms with Gasteiger partial charge in [-0.15, -0.1) is 0 Å². The van der Waals surface area contributed by atoms with Crippen LogP contribution < -0.4 is 10.6 Å². The van der Waals surface area contributed by atoms with E-state index < -0.39 is 11.7 Å². The standard InChI is InChI=1S/C17H19F3N4O/c1-10(2)9-21-16(25)14-8-15(23-11(3)22-14)24-13-6-4-12(5-7-13)17(18,19)20/h4-8,10H,9H2,1-3H3,(H,21,25)(H,22,23,24). The van der Waals surface area contributed by atoms with Gasteiger partial charge in [0.1, 0.15) is 17.3 Å². The molecular formula is C17H19F3N4O. The number of hydrogen-bond donors (Lipinski definition) is 2. The molecule has 0 aliphatic heterocycles. The van der Waals surface area contributed by atoms with E-state index in [4.69, 9.17) is 0 Å². The summed E-state index contributed by atoms with van der Waals surface area (Å²) < 4.78 is 37.8. The molecule has 0 spiro atoms. The van der Waals surface area contributed by atoms with Crippen LogP contribution in [0.3, 0.4) is 0 Å². The summed E-state index contributed by atoms with van der Waals surface area (Å²) in [6, 6.07) is 6.02. The van der Waals surface area contributed by atoms with Gasteiger partial charge in [0, 0.05) is 18.3 Å². The van der Waals surface area contributed by atoms with Crippen molar-refractivity contribution >= 4 is 17.4 Å². The lowest BCUT2D eigenvalue weighted by Gasteiger charge is -2.11. The van der Waals surface area contributed by atoms with Crippen molar-refractivity contribution in [3.63, 3.8) is 0 Å². The maximum Gasteiger partial charge on any atom is 0.416 e. The molecule has 5 nitrogen and oxygen atoms in total. The summed E-state index contributed by atoms with van der Waals surface area (Å²) in [6.45, 7) is 6.10. The SMILES string of the molecule is Cc1nc(Nc2ccc(C(F)(F)F)cc2)cc(C(=O)NCC(C)C)n1. The number of hydrogen-bond acceptors (Lipinski definition) is 4. The van der Waals surface area contributed by atoms with Crippen LogP contribution in [0, 0.1) is 12.8 Å². The van der Waals surface area contributed by atoms with Gasteiger partial charge in [0.25, 0.3) is 5.91 Å². The Balaban J connectivity index is 2.16. The zero-order valence-corrected chi connectivity index (χ0v) is 14.1. The molecule has 0 saturated carbocycles. The van der Waals surface area contributed by atoms with E-state index >= 15 is 0 Å². The third-order valence-corrected chi connectivity index (χ3v) is 3.23. The average molecular weight is 352 g/mol. The first-order valence-corrected chi connectivity index (χ1v) is 7.73.